The lowest BCUT2D eigenvalue weighted by atomic mass is 9.93. The van der Waals surface area contributed by atoms with Crippen molar-refractivity contribution in [2.75, 3.05) is 39.9 Å². The van der Waals surface area contributed by atoms with E-state index >= 15 is 0 Å². The molecule has 8 N–H and O–H groups in total. The number of fused-ring (bicyclic) bond motifs is 5. The molecule has 4 aromatic carbocycles. The van der Waals surface area contributed by atoms with Crippen molar-refractivity contribution in [3.8, 4) is 33.8 Å². The second kappa shape index (κ2) is 18.8. The molecule has 0 saturated carbocycles. The normalized spacial score (nSPS) is 16.8. The number of amides is 4. The van der Waals surface area contributed by atoms with Gasteiger partial charge in [-0.15, -0.1) is 0 Å². The molecule has 0 aliphatic carbocycles. The number of carbonyl (C=O) groups excluding carboxylic acids is 4. The van der Waals surface area contributed by atoms with Gasteiger partial charge in [0.25, 0.3) is 5.91 Å². The topological polar surface area (TPSA) is 215 Å². The Balaban J connectivity index is 1.49. The Morgan fingerprint density at radius 3 is 2.04 bits per heavy atom. The van der Waals surface area contributed by atoms with Crippen LogP contribution in [0.4, 0.5) is 0 Å². The summed E-state index contributed by atoms with van der Waals surface area (Å²) in [5.41, 5.74) is 15.1. The Morgan fingerprint density at radius 1 is 0.821 bits per heavy atom. The van der Waals surface area contributed by atoms with Crippen molar-refractivity contribution in [3.05, 3.63) is 106 Å². The van der Waals surface area contributed by atoms with E-state index in [1.165, 1.54) is 14.0 Å². The number of carboxylic acid groups (broad SMARTS) is 1. The summed E-state index contributed by atoms with van der Waals surface area (Å²) in [6.45, 7) is 1.63. The number of ether oxygens (including phenoxy) is 2. The zero-order valence-electron chi connectivity index (χ0n) is 30.6. The van der Waals surface area contributed by atoms with Crippen LogP contribution in [0.1, 0.15) is 34.5 Å². The first kappa shape index (κ1) is 41.5. The molecule has 5 rings (SSSR count). The molecule has 0 spiro atoms. The highest BCUT2D eigenvalue weighted by Crippen LogP contribution is 2.40. The van der Waals surface area contributed by atoms with E-state index in [-0.39, 0.29) is 38.3 Å². The molecular weight excluding hydrogens is 763 g/mol. The number of carboxylic acids is 1. The highest BCUT2D eigenvalue weighted by atomic mass is 35.5. The minimum Gasteiger partial charge on any atom is -0.492 e. The fourth-order valence-electron chi connectivity index (χ4n) is 6.13. The number of likely N-dealkylation sites (N-methyl/N-ethyl adjacent to an activating group) is 1. The Bertz CT molecular complexity index is 2090. The Morgan fingerprint density at radius 2 is 1.43 bits per heavy atom. The molecule has 3 atom stereocenters. The fraction of sp³-hybridized carbons (Fsp3) is 0.275. The third-order valence-corrected chi connectivity index (χ3v) is 9.42. The summed E-state index contributed by atoms with van der Waals surface area (Å²) in [6, 6.07) is 17.8. The number of hydrogen-bond acceptors (Lipinski definition) is 9. The van der Waals surface area contributed by atoms with Crippen molar-refractivity contribution in [1.82, 2.24) is 20.9 Å². The van der Waals surface area contributed by atoms with E-state index in [9.17, 15) is 29.1 Å². The van der Waals surface area contributed by atoms with Gasteiger partial charge in [0.1, 0.15) is 42.8 Å². The number of nitrogens with one attached hydrogen (secondary N) is 3. The van der Waals surface area contributed by atoms with Gasteiger partial charge in [-0.3, -0.25) is 19.2 Å². The molecule has 0 unspecified atom stereocenters. The Kier molecular flexibility index (Phi) is 13.9. The first-order valence-electron chi connectivity index (χ1n) is 17.7. The predicted molar refractivity (Wildman–Crippen MR) is 212 cm³/mol. The second-order valence-corrected chi connectivity index (χ2v) is 13.9. The molecule has 4 aromatic rings. The molecular formula is C40H42Cl2N6O8. The summed E-state index contributed by atoms with van der Waals surface area (Å²) in [5.74, 6) is -3.18. The summed E-state index contributed by atoms with van der Waals surface area (Å²) >= 11 is 12.3. The zero-order chi connectivity index (χ0) is 40.5. The van der Waals surface area contributed by atoms with Crippen molar-refractivity contribution < 1.29 is 38.6 Å². The molecule has 1 aliphatic rings. The predicted octanol–water partition coefficient (Wildman–Crippen LogP) is 3.56. The van der Waals surface area contributed by atoms with Crippen LogP contribution in [-0.4, -0.2) is 91.6 Å². The average Bonchev–Trinajstić information content (AvgIpc) is 3.17. The SMILES string of the molecule is C[C@@H]1NC(=O)[C@@H](N(C)C(=O)CNC(=O)c2ccc(-c3cc(Cl)cc(Cl)c3)cc2)c2ccc(OCCN)c(c2)-c2cc(ccc2OCCN)C[C@@H](C(=O)O)NC1=O. The molecule has 1 aliphatic heterocycles. The molecule has 0 aromatic heterocycles. The molecule has 14 nitrogen and oxygen atoms in total. The number of halogens is 2. The molecule has 0 radical (unpaired) electrons. The van der Waals surface area contributed by atoms with E-state index in [4.69, 9.17) is 44.1 Å². The van der Waals surface area contributed by atoms with Gasteiger partial charge in [-0.25, -0.2) is 4.79 Å². The van der Waals surface area contributed by atoms with Crippen LogP contribution in [0.5, 0.6) is 11.5 Å². The number of benzene rings is 4. The number of hydrogen-bond donors (Lipinski definition) is 6. The average molecular weight is 806 g/mol. The van der Waals surface area contributed by atoms with Crippen LogP contribution in [0.3, 0.4) is 0 Å². The third-order valence-electron chi connectivity index (χ3n) is 8.98. The number of carbonyl (C=O) groups is 5. The van der Waals surface area contributed by atoms with E-state index in [2.05, 4.69) is 16.0 Å². The van der Waals surface area contributed by atoms with E-state index in [1.54, 1.807) is 78.9 Å². The first-order valence-corrected chi connectivity index (χ1v) is 18.4. The van der Waals surface area contributed by atoms with Crippen LogP contribution in [0, 0.1) is 0 Å². The molecule has 4 amide bonds. The number of nitrogens with zero attached hydrogens (tertiary/aromatic N) is 1. The highest BCUT2D eigenvalue weighted by Gasteiger charge is 2.33. The van der Waals surface area contributed by atoms with Crippen molar-refractivity contribution in [3.63, 3.8) is 0 Å². The van der Waals surface area contributed by atoms with E-state index in [0.717, 1.165) is 16.0 Å². The van der Waals surface area contributed by atoms with Crippen LogP contribution < -0.4 is 36.9 Å². The quantitative estimate of drug-likeness (QED) is 0.122. The maximum absolute atomic E-state index is 14.1. The van der Waals surface area contributed by atoms with Crippen LogP contribution in [0.15, 0.2) is 78.9 Å². The summed E-state index contributed by atoms with van der Waals surface area (Å²) in [7, 11) is 1.40. The van der Waals surface area contributed by atoms with Crippen LogP contribution >= 0.6 is 23.2 Å². The van der Waals surface area contributed by atoms with Crippen molar-refractivity contribution in [2.24, 2.45) is 11.5 Å². The smallest absolute Gasteiger partial charge is 0.326 e. The molecule has 56 heavy (non-hydrogen) atoms. The Hall–Kier alpha value is -5.67. The lowest BCUT2D eigenvalue weighted by Crippen LogP contribution is -2.53. The van der Waals surface area contributed by atoms with Gasteiger partial charge >= 0.3 is 5.97 Å². The van der Waals surface area contributed by atoms with Crippen LogP contribution in [0.25, 0.3) is 22.3 Å². The summed E-state index contributed by atoms with van der Waals surface area (Å²) in [4.78, 5) is 67.7. The number of rotatable bonds is 12. The van der Waals surface area contributed by atoms with Gasteiger partial charge in [-0.2, -0.15) is 0 Å². The summed E-state index contributed by atoms with van der Waals surface area (Å²) in [5, 5.41) is 18.7. The second-order valence-electron chi connectivity index (χ2n) is 13.0. The van der Waals surface area contributed by atoms with Crippen molar-refractivity contribution in [2.45, 2.75) is 31.5 Å². The maximum atomic E-state index is 14.1. The van der Waals surface area contributed by atoms with Gasteiger partial charge in [0.05, 0.1) is 6.54 Å². The number of aliphatic carboxylic acids is 1. The van der Waals surface area contributed by atoms with Crippen molar-refractivity contribution in [1.29, 1.82) is 0 Å². The van der Waals surface area contributed by atoms with Crippen LogP contribution in [0.2, 0.25) is 10.0 Å². The molecule has 0 saturated heterocycles. The standard InChI is InChI=1S/C40H42Cl2N6O8/c1-22-37(50)47-32(40(53)54)16-23-3-9-33(55-13-11-43)30(15-23)31-19-26(8-10-34(31)56-14-12-44)36(39(52)46-22)48(2)35(49)21-45-38(51)25-6-4-24(5-7-25)27-17-28(41)20-29(42)18-27/h3-10,15,17-20,22,32,36H,11-14,16,21,43-44H2,1-2H3,(H,45,51)(H,46,52)(H,47,50)(H,53,54)/t22-,32-,36-/m0/s1. The zero-order valence-corrected chi connectivity index (χ0v) is 32.2. The third kappa shape index (κ3) is 10.1. The van der Waals surface area contributed by atoms with Gasteiger partial charge in [-0.05, 0) is 83.8 Å². The monoisotopic (exact) mass is 804 g/mol. The van der Waals surface area contributed by atoms with E-state index in [1.807, 2.05) is 0 Å². The largest absolute Gasteiger partial charge is 0.492 e. The van der Waals surface area contributed by atoms with Crippen molar-refractivity contribution >= 4 is 52.8 Å². The molecule has 1 heterocycles. The highest BCUT2D eigenvalue weighted by molar-refractivity contribution is 6.35. The van der Waals surface area contributed by atoms with Gasteiger partial charge in [0.15, 0.2) is 0 Å². The van der Waals surface area contributed by atoms with Gasteiger partial charge in [0, 0.05) is 53.3 Å². The van der Waals surface area contributed by atoms with Gasteiger partial charge in [-0.1, -0.05) is 47.5 Å². The molecule has 16 heteroatoms. The molecule has 0 fully saturated rings. The minimum atomic E-state index is -1.34. The molecule has 294 valence electrons. The number of nitrogens with two attached hydrogens (primary N) is 2. The Labute approximate surface area is 333 Å². The lowest BCUT2D eigenvalue weighted by Gasteiger charge is -2.30. The summed E-state index contributed by atoms with van der Waals surface area (Å²) < 4.78 is 12.0. The maximum Gasteiger partial charge on any atom is 0.326 e. The summed E-state index contributed by atoms with van der Waals surface area (Å²) in [6.07, 6.45) is -0.0862. The fourth-order valence-corrected chi connectivity index (χ4v) is 6.66. The minimum absolute atomic E-state index is 0.0862. The van der Waals surface area contributed by atoms with Gasteiger partial charge < -0.3 is 46.9 Å². The van der Waals surface area contributed by atoms with E-state index < -0.39 is 54.3 Å². The van der Waals surface area contributed by atoms with Crippen LogP contribution in [-0.2, 0) is 25.6 Å². The van der Waals surface area contributed by atoms with Gasteiger partial charge in [0.2, 0.25) is 17.7 Å². The molecule has 4 bridgehead atoms. The van der Waals surface area contributed by atoms with E-state index in [0.29, 0.717) is 43.8 Å². The first-order chi connectivity index (χ1) is 26.8. The lowest BCUT2D eigenvalue weighted by molar-refractivity contribution is -0.142.